The van der Waals surface area contributed by atoms with E-state index in [1.807, 2.05) is 0 Å². The first-order valence-corrected chi connectivity index (χ1v) is 8.33. The predicted molar refractivity (Wildman–Crippen MR) is 78.4 cm³/mol. The molecule has 21 heavy (non-hydrogen) atoms. The summed E-state index contributed by atoms with van der Waals surface area (Å²) in [5, 5.41) is 8.04. The Balaban J connectivity index is 2.12. The lowest BCUT2D eigenvalue weighted by Crippen LogP contribution is -2.44. The summed E-state index contributed by atoms with van der Waals surface area (Å²) >= 11 is 0. The summed E-state index contributed by atoms with van der Waals surface area (Å²) < 4.78 is 27.9. The van der Waals surface area contributed by atoms with Crippen LogP contribution >= 0.6 is 0 Å². The summed E-state index contributed by atoms with van der Waals surface area (Å²) in [7, 11) is -2.32. The van der Waals surface area contributed by atoms with Gasteiger partial charge in [-0.3, -0.25) is 4.79 Å². The maximum Gasteiger partial charge on any atom is 0.238 e. The van der Waals surface area contributed by atoms with Crippen molar-refractivity contribution >= 4 is 15.9 Å². The second-order valence-electron chi connectivity index (χ2n) is 5.54. The van der Waals surface area contributed by atoms with Crippen molar-refractivity contribution < 1.29 is 17.9 Å². The number of sulfonamides is 1. The molecule has 2 rings (SSSR count). The second kappa shape index (κ2) is 6.03. The molecule has 6 nitrogen and oxygen atoms in total. The van der Waals surface area contributed by atoms with Crippen LogP contribution < -0.4 is 15.2 Å². The van der Waals surface area contributed by atoms with E-state index in [0.717, 1.165) is 12.8 Å². The van der Waals surface area contributed by atoms with Gasteiger partial charge in [0.1, 0.15) is 5.75 Å². The minimum Gasteiger partial charge on any atom is -0.496 e. The number of ether oxygens (including phenoxy) is 1. The highest BCUT2D eigenvalue weighted by atomic mass is 32.2. The molecule has 1 amide bonds. The maximum atomic E-state index is 12.0. The zero-order chi connectivity index (χ0) is 15.6. The van der Waals surface area contributed by atoms with Crippen LogP contribution in [0.5, 0.6) is 5.75 Å². The third-order valence-electron chi connectivity index (χ3n) is 3.67. The van der Waals surface area contributed by atoms with Crippen molar-refractivity contribution in [3.05, 3.63) is 23.8 Å². The molecule has 0 heterocycles. The molecule has 116 valence electrons. The highest BCUT2D eigenvalue weighted by Gasteiger charge is 2.26. The van der Waals surface area contributed by atoms with E-state index in [2.05, 4.69) is 12.2 Å². The molecule has 7 heteroatoms. The number of primary sulfonamides is 1. The number of nitrogens with two attached hydrogens (primary N) is 1. The van der Waals surface area contributed by atoms with Gasteiger partial charge in [-0.05, 0) is 37.0 Å². The van der Waals surface area contributed by atoms with Crippen LogP contribution in [0.1, 0.15) is 25.3 Å². The van der Waals surface area contributed by atoms with Crippen LogP contribution in [0.25, 0.3) is 0 Å². The van der Waals surface area contributed by atoms with E-state index < -0.39 is 10.0 Å². The van der Waals surface area contributed by atoms with Gasteiger partial charge in [-0.25, -0.2) is 13.6 Å². The van der Waals surface area contributed by atoms with Crippen molar-refractivity contribution in [1.82, 2.24) is 5.32 Å². The number of benzene rings is 1. The Hall–Kier alpha value is -1.60. The Morgan fingerprint density at radius 3 is 2.62 bits per heavy atom. The Morgan fingerprint density at radius 1 is 1.43 bits per heavy atom. The van der Waals surface area contributed by atoms with Gasteiger partial charge < -0.3 is 10.1 Å². The van der Waals surface area contributed by atoms with Gasteiger partial charge in [0.05, 0.1) is 18.4 Å². The van der Waals surface area contributed by atoms with Gasteiger partial charge in [-0.1, -0.05) is 6.92 Å². The molecule has 0 atom stereocenters. The minimum absolute atomic E-state index is 0.0247. The molecule has 0 bridgehead atoms. The molecule has 1 aliphatic carbocycles. The van der Waals surface area contributed by atoms with Crippen molar-refractivity contribution in [2.45, 2.75) is 37.1 Å². The Kier molecular flexibility index (Phi) is 4.53. The van der Waals surface area contributed by atoms with Gasteiger partial charge in [0, 0.05) is 11.6 Å². The Bertz CT molecular complexity index is 636. The quantitative estimate of drug-likeness (QED) is 0.840. The van der Waals surface area contributed by atoms with E-state index in [0.29, 0.717) is 17.2 Å². The number of amides is 1. The summed E-state index contributed by atoms with van der Waals surface area (Å²) in [6.07, 6.45) is 2.04. The van der Waals surface area contributed by atoms with Gasteiger partial charge in [0.25, 0.3) is 0 Å². The Labute approximate surface area is 124 Å². The smallest absolute Gasteiger partial charge is 0.238 e. The van der Waals surface area contributed by atoms with E-state index >= 15 is 0 Å². The summed E-state index contributed by atoms with van der Waals surface area (Å²) in [5.74, 6) is 0.979. The Morgan fingerprint density at radius 2 is 2.10 bits per heavy atom. The van der Waals surface area contributed by atoms with E-state index in [1.165, 1.54) is 25.3 Å². The summed E-state index contributed by atoms with van der Waals surface area (Å²) in [4.78, 5) is 12.0. The summed E-state index contributed by atoms with van der Waals surface area (Å²) in [5.41, 5.74) is 0.508. The molecule has 0 unspecified atom stereocenters. The monoisotopic (exact) mass is 312 g/mol. The first-order chi connectivity index (χ1) is 9.79. The molecule has 1 aromatic carbocycles. The molecular weight excluding hydrogens is 292 g/mol. The van der Waals surface area contributed by atoms with Crippen molar-refractivity contribution in [2.24, 2.45) is 11.1 Å². The first kappa shape index (κ1) is 15.8. The molecule has 1 aliphatic rings. The zero-order valence-electron chi connectivity index (χ0n) is 12.1. The molecule has 0 spiro atoms. The van der Waals surface area contributed by atoms with Gasteiger partial charge in [-0.15, -0.1) is 0 Å². The van der Waals surface area contributed by atoms with Gasteiger partial charge >= 0.3 is 0 Å². The molecule has 1 aromatic rings. The highest BCUT2D eigenvalue weighted by Crippen LogP contribution is 2.27. The number of carbonyl (C=O) groups excluding carboxylic acids is 1. The van der Waals surface area contributed by atoms with E-state index in [4.69, 9.17) is 9.88 Å². The van der Waals surface area contributed by atoms with Crippen LogP contribution in [-0.2, 0) is 21.2 Å². The van der Waals surface area contributed by atoms with Gasteiger partial charge in [-0.2, -0.15) is 0 Å². The van der Waals surface area contributed by atoms with Crippen LogP contribution in [0.15, 0.2) is 23.1 Å². The molecule has 0 aliphatic heterocycles. The molecule has 3 N–H and O–H groups in total. The molecule has 0 radical (unpaired) electrons. The molecule has 0 aromatic heterocycles. The van der Waals surface area contributed by atoms with Crippen LogP contribution in [0, 0.1) is 5.92 Å². The van der Waals surface area contributed by atoms with E-state index in [-0.39, 0.29) is 23.3 Å². The number of hydrogen-bond donors (Lipinski definition) is 2. The second-order valence-corrected chi connectivity index (χ2v) is 7.10. The first-order valence-electron chi connectivity index (χ1n) is 6.78. The van der Waals surface area contributed by atoms with E-state index in [9.17, 15) is 13.2 Å². The van der Waals surface area contributed by atoms with Gasteiger partial charge in [0.15, 0.2) is 0 Å². The van der Waals surface area contributed by atoms with Crippen molar-refractivity contribution in [2.75, 3.05) is 7.11 Å². The summed E-state index contributed by atoms with van der Waals surface area (Å²) in [6.45, 7) is 2.14. The third kappa shape index (κ3) is 3.95. The third-order valence-corrected chi connectivity index (χ3v) is 4.58. The molecule has 0 saturated heterocycles. The SMILES string of the molecule is COc1ccc(S(N)(=O)=O)cc1CC(=O)NC1CC(C)C1. The van der Waals surface area contributed by atoms with Crippen molar-refractivity contribution in [3.8, 4) is 5.75 Å². The number of methoxy groups -OCH3 is 1. The predicted octanol–water partition coefficient (Wildman–Crippen LogP) is 0.800. The van der Waals surface area contributed by atoms with Gasteiger partial charge in [0.2, 0.25) is 15.9 Å². The topological polar surface area (TPSA) is 98.5 Å². The lowest BCUT2D eigenvalue weighted by Gasteiger charge is -2.33. The van der Waals surface area contributed by atoms with Crippen molar-refractivity contribution in [1.29, 1.82) is 0 Å². The highest BCUT2D eigenvalue weighted by molar-refractivity contribution is 7.89. The average Bonchev–Trinajstić information content (AvgIpc) is 2.35. The minimum atomic E-state index is -3.80. The van der Waals surface area contributed by atoms with Crippen LogP contribution in [0.3, 0.4) is 0 Å². The standard InChI is InChI=1S/C14H20N2O4S/c1-9-5-11(6-9)16-14(17)8-10-7-12(21(15,18)19)3-4-13(10)20-2/h3-4,7,9,11H,5-6,8H2,1-2H3,(H,16,17)(H2,15,18,19). The summed E-state index contributed by atoms with van der Waals surface area (Å²) in [6, 6.07) is 4.48. The number of rotatable bonds is 5. The molecular formula is C14H20N2O4S. The normalized spacial score (nSPS) is 21.5. The molecule has 1 saturated carbocycles. The van der Waals surface area contributed by atoms with Crippen LogP contribution in [0.2, 0.25) is 0 Å². The average molecular weight is 312 g/mol. The fourth-order valence-electron chi connectivity index (χ4n) is 2.54. The lowest BCUT2D eigenvalue weighted by atomic mass is 9.82. The van der Waals surface area contributed by atoms with Crippen LogP contribution in [-0.4, -0.2) is 27.5 Å². The lowest BCUT2D eigenvalue weighted by molar-refractivity contribution is -0.122. The van der Waals surface area contributed by atoms with E-state index in [1.54, 1.807) is 0 Å². The number of carbonyl (C=O) groups is 1. The fourth-order valence-corrected chi connectivity index (χ4v) is 3.11. The largest absolute Gasteiger partial charge is 0.496 e. The number of hydrogen-bond acceptors (Lipinski definition) is 4. The van der Waals surface area contributed by atoms with Crippen LogP contribution in [0.4, 0.5) is 0 Å². The maximum absolute atomic E-state index is 12.0. The fraction of sp³-hybridized carbons (Fsp3) is 0.500. The zero-order valence-corrected chi connectivity index (χ0v) is 12.9. The molecule has 1 fully saturated rings. The van der Waals surface area contributed by atoms with Crippen molar-refractivity contribution in [3.63, 3.8) is 0 Å². The number of nitrogens with one attached hydrogen (secondary N) is 1.